The quantitative estimate of drug-likeness (QED) is 0.631. The smallest absolute Gasteiger partial charge is 0.171 e. The summed E-state index contributed by atoms with van der Waals surface area (Å²) in [4.78, 5) is 0. The summed E-state index contributed by atoms with van der Waals surface area (Å²) < 4.78 is 20.4. The van der Waals surface area contributed by atoms with E-state index < -0.39 is 7.14 Å². The molecule has 0 saturated carbocycles. The van der Waals surface area contributed by atoms with Gasteiger partial charge < -0.3 is 9.30 Å². The normalized spacial score (nSPS) is 11.2. The van der Waals surface area contributed by atoms with Crippen LogP contribution in [0.5, 0.6) is 5.75 Å². The van der Waals surface area contributed by atoms with Crippen LogP contribution in [-0.2, 0) is 4.57 Å². The van der Waals surface area contributed by atoms with E-state index in [2.05, 4.69) is 15.9 Å². The molecule has 4 heteroatoms. The molecule has 0 aliphatic carbocycles. The van der Waals surface area contributed by atoms with Crippen LogP contribution in [-0.4, -0.2) is 7.11 Å². The Kier molecular flexibility index (Phi) is 4.70. The summed E-state index contributed by atoms with van der Waals surface area (Å²) in [5, 5.41) is 2.39. The lowest BCUT2D eigenvalue weighted by Crippen LogP contribution is -2.25. The zero-order valence-electron chi connectivity index (χ0n) is 12.6. The van der Waals surface area contributed by atoms with E-state index in [4.69, 9.17) is 4.74 Å². The number of ether oxygens (including phenoxy) is 1. The fourth-order valence-corrected chi connectivity index (χ4v) is 5.64. The molecule has 3 rings (SSSR count). The molecule has 0 spiro atoms. The van der Waals surface area contributed by atoms with Crippen LogP contribution >= 0.6 is 23.1 Å². The minimum atomic E-state index is -2.94. The van der Waals surface area contributed by atoms with Gasteiger partial charge in [-0.1, -0.05) is 60.7 Å². The zero-order valence-corrected chi connectivity index (χ0v) is 15.1. The highest BCUT2D eigenvalue weighted by Crippen LogP contribution is 2.43. The Morgan fingerprint density at radius 1 is 0.783 bits per heavy atom. The maximum Gasteiger partial charge on any atom is 0.171 e. The minimum absolute atomic E-state index is 0.676. The van der Waals surface area contributed by atoms with E-state index in [0.29, 0.717) is 5.75 Å². The Balaban J connectivity index is 2.27. The molecule has 0 N–H and O–H groups in total. The van der Waals surface area contributed by atoms with Gasteiger partial charge in [-0.15, -0.1) is 0 Å². The van der Waals surface area contributed by atoms with E-state index in [1.165, 1.54) is 0 Å². The van der Waals surface area contributed by atoms with Gasteiger partial charge in [0.1, 0.15) is 5.75 Å². The molecule has 3 aromatic rings. The first-order valence-corrected chi connectivity index (χ1v) is 9.71. The lowest BCUT2D eigenvalue weighted by atomic mass is 10.3. The molecule has 0 amide bonds. The van der Waals surface area contributed by atoms with Crippen LogP contribution in [0.1, 0.15) is 0 Å². The largest absolute Gasteiger partial charge is 0.496 e. The number of hydrogen-bond acceptors (Lipinski definition) is 2. The summed E-state index contributed by atoms with van der Waals surface area (Å²) in [6, 6.07) is 24.8. The average molecular weight is 387 g/mol. The summed E-state index contributed by atoms with van der Waals surface area (Å²) >= 11 is 3.46. The van der Waals surface area contributed by atoms with Crippen LogP contribution in [0, 0.1) is 0 Å². The highest BCUT2D eigenvalue weighted by atomic mass is 79.9. The van der Waals surface area contributed by atoms with Gasteiger partial charge in [0.25, 0.3) is 0 Å². The van der Waals surface area contributed by atoms with Crippen molar-refractivity contribution in [2.45, 2.75) is 0 Å². The van der Waals surface area contributed by atoms with E-state index in [-0.39, 0.29) is 0 Å². The van der Waals surface area contributed by atoms with E-state index in [1.807, 2.05) is 78.9 Å². The highest BCUT2D eigenvalue weighted by molar-refractivity contribution is 9.10. The number of rotatable bonds is 4. The van der Waals surface area contributed by atoms with Gasteiger partial charge in [-0.2, -0.15) is 0 Å². The lowest BCUT2D eigenvalue weighted by Gasteiger charge is -2.20. The van der Waals surface area contributed by atoms with Crippen molar-refractivity contribution >= 4 is 39.0 Å². The SMILES string of the molecule is COc1cc(P(=O)(c2ccccc2)c2ccccc2)ccc1Br. The summed E-state index contributed by atoms with van der Waals surface area (Å²) in [6.07, 6.45) is 0. The van der Waals surface area contributed by atoms with Crippen LogP contribution < -0.4 is 20.7 Å². The maximum atomic E-state index is 14.1. The first-order valence-electron chi connectivity index (χ1n) is 7.21. The number of halogens is 1. The van der Waals surface area contributed by atoms with Gasteiger partial charge >= 0.3 is 0 Å². The topological polar surface area (TPSA) is 26.3 Å². The third-order valence-electron chi connectivity index (χ3n) is 3.74. The highest BCUT2D eigenvalue weighted by Gasteiger charge is 2.30. The Morgan fingerprint density at radius 2 is 1.30 bits per heavy atom. The Labute approximate surface area is 144 Å². The molecule has 0 aliphatic heterocycles. The van der Waals surface area contributed by atoms with Crippen molar-refractivity contribution in [2.75, 3.05) is 7.11 Å². The Hall–Kier alpha value is -1.83. The molecule has 23 heavy (non-hydrogen) atoms. The van der Waals surface area contributed by atoms with Crippen molar-refractivity contribution in [1.29, 1.82) is 0 Å². The van der Waals surface area contributed by atoms with Crippen molar-refractivity contribution < 1.29 is 9.30 Å². The standard InChI is InChI=1S/C19H16BrO2P/c1-22-19-14-17(12-13-18(19)20)23(21,15-8-4-2-5-9-15)16-10-6-3-7-11-16/h2-14H,1H3. The second-order valence-corrected chi connectivity index (χ2v) is 8.72. The fraction of sp³-hybridized carbons (Fsp3) is 0.0526. The molecule has 3 aromatic carbocycles. The Bertz CT molecular complexity index is 804. The Morgan fingerprint density at radius 3 is 1.78 bits per heavy atom. The molecule has 0 radical (unpaired) electrons. The predicted octanol–water partition coefficient (Wildman–Crippen LogP) is 4.10. The van der Waals surface area contributed by atoms with Crippen molar-refractivity contribution in [2.24, 2.45) is 0 Å². The molecule has 0 saturated heterocycles. The lowest BCUT2D eigenvalue weighted by molar-refractivity contribution is 0.412. The van der Waals surface area contributed by atoms with Crippen molar-refractivity contribution in [3.63, 3.8) is 0 Å². The van der Waals surface area contributed by atoms with Gasteiger partial charge in [0.2, 0.25) is 0 Å². The van der Waals surface area contributed by atoms with E-state index in [0.717, 1.165) is 20.4 Å². The molecular formula is C19H16BrO2P. The third-order valence-corrected chi connectivity index (χ3v) is 7.45. The van der Waals surface area contributed by atoms with Crippen molar-refractivity contribution in [1.82, 2.24) is 0 Å². The first-order chi connectivity index (χ1) is 11.2. The van der Waals surface area contributed by atoms with Gasteiger partial charge in [-0.3, -0.25) is 0 Å². The minimum Gasteiger partial charge on any atom is -0.496 e. The maximum absolute atomic E-state index is 14.1. The van der Waals surface area contributed by atoms with E-state index >= 15 is 0 Å². The fourth-order valence-electron chi connectivity index (χ4n) is 2.57. The molecular weight excluding hydrogens is 371 g/mol. The summed E-state index contributed by atoms with van der Waals surface area (Å²) in [7, 11) is -1.33. The predicted molar refractivity (Wildman–Crippen MR) is 100 cm³/mol. The van der Waals surface area contributed by atoms with Gasteiger partial charge in [-0.25, -0.2) is 0 Å². The molecule has 0 aliphatic rings. The van der Waals surface area contributed by atoms with Crippen LogP contribution in [0.4, 0.5) is 0 Å². The van der Waals surface area contributed by atoms with Gasteiger partial charge in [-0.05, 0) is 34.1 Å². The van der Waals surface area contributed by atoms with Crippen LogP contribution in [0.2, 0.25) is 0 Å². The second-order valence-electron chi connectivity index (χ2n) is 5.10. The van der Waals surface area contributed by atoms with Crippen LogP contribution in [0.25, 0.3) is 0 Å². The van der Waals surface area contributed by atoms with E-state index in [9.17, 15) is 4.57 Å². The number of hydrogen-bond donors (Lipinski definition) is 0. The van der Waals surface area contributed by atoms with E-state index in [1.54, 1.807) is 7.11 Å². The molecule has 0 bridgehead atoms. The van der Waals surface area contributed by atoms with Crippen molar-refractivity contribution in [3.8, 4) is 5.75 Å². The second kappa shape index (κ2) is 6.74. The molecule has 116 valence electrons. The summed E-state index contributed by atoms with van der Waals surface area (Å²) in [5.41, 5.74) is 0. The molecule has 0 aromatic heterocycles. The van der Waals surface area contributed by atoms with Crippen LogP contribution in [0.3, 0.4) is 0 Å². The number of methoxy groups -OCH3 is 1. The molecule has 0 atom stereocenters. The van der Waals surface area contributed by atoms with Crippen molar-refractivity contribution in [3.05, 3.63) is 83.3 Å². The molecule has 0 fully saturated rings. The summed E-state index contributed by atoms with van der Waals surface area (Å²) in [5.74, 6) is 0.676. The monoisotopic (exact) mass is 386 g/mol. The molecule has 0 unspecified atom stereocenters. The zero-order chi connectivity index (χ0) is 16.3. The molecule has 0 heterocycles. The van der Waals surface area contributed by atoms with Crippen LogP contribution in [0.15, 0.2) is 83.3 Å². The van der Waals surface area contributed by atoms with Gasteiger partial charge in [0.05, 0.1) is 11.6 Å². The third kappa shape index (κ3) is 2.99. The average Bonchev–Trinajstić information content (AvgIpc) is 2.63. The van der Waals surface area contributed by atoms with Gasteiger partial charge in [0.15, 0.2) is 7.14 Å². The number of benzene rings is 3. The van der Waals surface area contributed by atoms with Gasteiger partial charge in [0, 0.05) is 15.9 Å². The molecule has 2 nitrogen and oxygen atoms in total. The first kappa shape index (κ1) is 16.0. The summed E-state index contributed by atoms with van der Waals surface area (Å²) in [6.45, 7) is 0.